The Morgan fingerprint density at radius 1 is 1.29 bits per heavy atom. The summed E-state index contributed by atoms with van der Waals surface area (Å²) < 4.78 is 0. The normalized spacial score (nSPS) is 16.1. The van der Waals surface area contributed by atoms with E-state index in [1.54, 1.807) is 0 Å². The zero-order valence-corrected chi connectivity index (χ0v) is 7.98. The Kier molecular flexibility index (Phi) is 2.63. The van der Waals surface area contributed by atoms with Crippen LogP contribution in [0.2, 0.25) is 0 Å². The molecule has 0 saturated heterocycles. The van der Waals surface area contributed by atoms with Gasteiger partial charge in [0, 0.05) is 5.56 Å². The SMILES string of the molecule is ON=Cc1ccccc1C1=CCCC1. The molecule has 0 aromatic heterocycles. The minimum atomic E-state index is 0.989. The van der Waals surface area contributed by atoms with Crippen LogP contribution in [0.4, 0.5) is 0 Å². The van der Waals surface area contributed by atoms with E-state index >= 15 is 0 Å². The molecule has 2 nitrogen and oxygen atoms in total. The van der Waals surface area contributed by atoms with Crippen LogP contribution in [0.25, 0.3) is 5.57 Å². The zero-order chi connectivity index (χ0) is 9.80. The molecular formula is C12H13NO. The van der Waals surface area contributed by atoms with E-state index in [0.29, 0.717) is 0 Å². The van der Waals surface area contributed by atoms with Crippen molar-refractivity contribution in [2.24, 2.45) is 5.16 Å². The molecule has 0 spiro atoms. The molecule has 1 N–H and O–H groups in total. The molecule has 0 bridgehead atoms. The van der Waals surface area contributed by atoms with Crippen LogP contribution >= 0.6 is 0 Å². The summed E-state index contributed by atoms with van der Waals surface area (Å²) in [6.45, 7) is 0. The highest BCUT2D eigenvalue weighted by Crippen LogP contribution is 2.29. The number of hydrogen-bond acceptors (Lipinski definition) is 2. The second-order valence-electron chi connectivity index (χ2n) is 3.45. The topological polar surface area (TPSA) is 32.6 Å². The van der Waals surface area contributed by atoms with Gasteiger partial charge in [-0.1, -0.05) is 35.5 Å². The molecule has 0 unspecified atom stereocenters. The van der Waals surface area contributed by atoms with Crippen molar-refractivity contribution < 1.29 is 5.21 Å². The highest BCUT2D eigenvalue weighted by atomic mass is 16.4. The van der Waals surface area contributed by atoms with E-state index in [1.165, 1.54) is 30.2 Å². The lowest BCUT2D eigenvalue weighted by Crippen LogP contribution is -1.90. The van der Waals surface area contributed by atoms with Gasteiger partial charge in [-0.15, -0.1) is 0 Å². The lowest BCUT2D eigenvalue weighted by atomic mass is 10.00. The first-order chi connectivity index (χ1) is 6.92. The molecule has 1 aliphatic carbocycles. The Balaban J connectivity index is 2.40. The Morgan fingerprint density at radius 3 is 2.86 bits per heavy atom. The van der Waals surface area contributed by atoms with Crippen molar-refractivity contribution in [2.75, 3.05) is 0 Å². The molecule has 0 saturated carbocycles. The fourth-order valence-corrected chi connectivity index (χ4v) is 1.88. The fraction of sp³-hybridized carbons (Fsp3) is 0.250. The molecule has 2 heteroatoms. The monoisotopic (exact) mass is 187 g/mol. The molecule has 0 fully saturated rings. The predicted molar refractivity (Wildman–Crippen MR) is 57.7 cm³/mol. The first-order valence-electron chi connectivity index (χ1n) is 4.87. The van der Waals surface area contributed by atoms with Gasteiger partial charge in [-0.2, -0.15) is 0 Å². The maximum absolute atomic E-state index is 8.54. The molecule has 0 aliphatic heterocycles. The summed E-state index contributed by atoms with van der Waals surface area (Å²) in [4.78, 5) is 0. The number of benzene rings is 1. The van der Waals surface area contributed by atoms with Crippen molar-refractivity contribution in [3.8, 4) is 0 Å². The largest absolute Gasteiger partial charge is 0.411 e. The number of allylic oxidation sites excluding steroid dienone is 2. The van der Waals surface area contributed by atoms with Crippen molar-refractivity contribution >= 4 is 11.8 Å². The van der Waals surface area contributed by atoms with Crippen molar-refractivity contribution in [1.82, 2.24) is 0 Å². The van der Waals surface area contributed by atoms with Gasteiger partial charge in [0.2, 0.25) is 0 Å². The van der Waals surface area contributed by atoms with Crippen LogP contribution in [-0.4, -0.2) is 11.4 Å². The number of nitrogens with zero attached hydrogens (tertiary/aromatic N) is 1. The van der Waals surface area contributed by atoms with Gasteiger partial charge in [0.1, 0.15) is 0 Å². The van der Waals surface area contributed by atoms with Gasteiger partial charge >= 0.3 is 0 Å². The van der Waals surface area contributed by atoms with Crippen LogP contribution in [0.3, 0.4) is 0 Å². The number of hydrogen-bond donors (Lipinski definition) is 1. The first-order valence-corrected chi connectivity index (χ1v) is 4.87. The summed E-state index contributed by atoms with van der Waals surface area (Å²) >= 11 is 0. The molecule has 1 aromatic carbocycles. The smallest absolute Gasteiger partial charge is 0.0739 e. The average molecular weight is 187 g/mol. The quantitative estimate of drug-likeness (QED) is 0.431. The summed E-state index contributed by atoms with van der Waals surface area (Å²) in [7, 11) is 0. The van der Waals surface area contributed by atoms with Gasteiger partial charge in [-0.25, -0.2) is 0 Å². The predicted octanol–water partition coefficient (Wildman–Crippen LogP) is 3.06. The van der Waals surface area contributed by atoms with Gasteiger partial charge in [-0.05, 0) is 30.4 Å². The molecule has 1 aliphatic rings. The molecule has 0 amide bonds. The summed E-state index contributed by atoms with van der Waals surface area (Å²) in [5, 5.41) is 11.6. The molecular weight excluding hydrogens is 174 g/mol. The first kappa shape index (κ1) is 9.00. The average Bonchev–Trinajstić information content (AvgIpc) is 2.72. The Labute approximate surface area is 83.6 Å². The Bertz CT molecular complexity index is 380. The van der Waals surface area contributed by atoms with E-state index in [2.05, 4.69) is 17.3 Å². The highest BCUT2D eigenvalue weighted by Gasteiger charge is 2.09. The Morgan fingerprint density at radius 2 is 2.14 bits per heavy atom. The van der Waals surface area contributed by atoms with Gasteiger partial charge < -0.3 is 5.21 Å². The van der Waals surface area contributed by atoms with E-state index in [4.69, 9.17) is 5.21 Å². The van der Waals surface area contributed by atoms with Crippen molar-refractivity contribution in [2.45, 2.75) is 19.3 Å². The van der Waals surface area contributed by atoms with E-state index in [9.17, 15) is 0 Å². The minimum absolute atomic E-state index is 0.989. The second-order valence-corrected chi connectivity index (χ2v) is 3.45. The third kappa shape index (κ3) is 1.69. The van der Waals surface area contributed by atoms with Gasteiger partial charge in [0.05, 0.1) is 6.21 Å². The maximum atomic E-state index is 8.54. The lowest BCUT2D eigenvalue weighted by molar-refractivity contribution is 0.322. The van der Waals surface area contributed by atoms with Crippen molar-refractivity contribution in [1.29, 1.82) is 0 Å². The van der Waals surface area contributed by atoms with Crippen molar-refractivity contribution in [3.05, 3.63) is 41.5 Å². The standard InChI is InChI=1S/C12H13NO/c14-13-9-11-7-3-4-8-12(11)10-5-1-2-6-10/h3-5,7-9,14H,1-2,6H2. The van der Waals surface area contributed by atoms with Gasteiger partial charge in [-0.3, -0.25) is 0 Å². The summed E-state index contributed by atoms with van der Waals surface area (Å²) in [6, 6.07) is 8.02. The molecule has 14 heavy (non-hydrogen) atoms. The zero-order valence-electron chi connectivity index (χ0n) is 7.98. The minimum Gasteiger partial charge on any atom is -0.411 e. The molecule has 72 valence electrons. The molecule has 0 radical (unpaired) electrons. The summed E-state index contributed by atoms with van der Waals surface area (Å²) in [5.41, 5.74) is 3.56. The van der Waals surface area contributed by atoms with Crippen LogP contribution in [-0.2, 0) is 0 Å². The summed E-state index contributed by atoms with van der Waals surface area (Å²) in [6.07, 6.45) is 7.30. The van der Waals surface area contributed by atoms with Crippen LogP contribution in [0.15, 0.2) is 35.5 Å². The van der Waals surface area contributed by atoms with Crippen LogP contribution in [0.1, 0.15) is 30.4 Å². The van der Waals surface area contributed by atoms with Gasteiger partial charge in [0.25, 0.3) is 0 Å². The third-order valence-electron chi connectivity index (χ3n) is 2.54. The van der Waals surface area contributed by atoms with E-state index < -0.39 is 0 Å². The molecule has 0 heterocycles. The molecule has 1 aromatic rings. The third-order valence-corrected chi connectivity index (χ3v) is 2.54. The van der Waals surface area contributed by atoms with E-state index in [0.717, 1.165) is 12.0 Å². The van der Waals surface area contributed by atoms with Crippen LogP contribution in [0.5, 0.6) is 0 Å². The second kappa shape index (κ2) is 4.09. The molecule has 2 rings (SSSR count). The van der Waals surface area contributed by atoms with Gasteiger partial charge in [0.15, 0.2) is 0 Å². The fourth-order valence-electron chi connectivity index (χ4n) is 1.88. The van der Waals surface area contributed by atoms with E-state index in [-0.39, 0.29) is 0 Å². The highest BCUT2D eigenvalue weighted by molar-refractivity contribution is 5.88. The Hall–Kier alpha value is -1.57. The van der Waals surface area contributed by atoms with Crippen LogP contribution in [0, 0.1) is 0 Å². The lowest BCUT2D eigenvalue weighted by Gasteiger charge is -2.05. The number of oxime groups is 1. The maximum Gasteiger partial charge on any atom is 0.0739 e. The molecule has 0 atom stereocenters. The summed E-state index contributed by atoms with van der Waals surface area (Å²) in [5.74, 6) is 0. The van der Waals surface area contributed by atoms with Crippen LogP contribution < -0.4 is 0 Å². The number of rotatable bonds is 2. The van der Waals surface area contributed by atoms with Crippen molar-refractivity contribution in [3.63, 3.8) is 0 Å². The van der Waals surface area contributed by atoms with E-state index in [1.807, 2.05) is 18.2 Å².